The number of amides is 1. The molecule has 172 valence electrons. The first-order valence-corrected chi connectivity index (χ1v) is 11.6. The lowest BCUT2D eigenvalue weighted by molar-refractivity contribution is 0.0951. The fraction of sp³-hybridized carbons (Fsp3) is 0.565. The molecule has 1 amide bonds. The zero-order valence-electron chi connectivity index (χ0n) is 19.2. The lowest BCUT2D eigenvalue weighted by atomic mass is 10.0. The number of halogens is 1. The molecule has 0 saturated carbocycles. The minimum atomic E-state index is -0.134. The molecule has 1 unspecified atom stereocenters. The lowest BCUT2D eigenvalue weighted by Crippen LogP contribution is -2.45. The first-order valence-electron chi connectivity index (χ1n) is 10.7. The van der Waals surface area contributed by atoms with E-state index in [-0.39, 0.29) is 30.4 Å². The summed E-state index contributed by atoms with van der Waals surface area (Å²) in [4.78, 5) is 33.6. The minimum Gasteiger partial charge on any atom is -0.348 e. The first kappa shape index (κ1) is 25.6. The van der Waals surface area contributed by atoms with Gasteiger partial charge in [0.2, 0.25) is 0 Å². The number of carbonyl (C=O) groups excluding carboxylic acids is 1. The molecule has 1 atom stereocenters. The van der Waals surface area contributed by atoms with Crippen molar-refractivity contribution in [2.45, 2.75) is 58.7 Å². The smallest absolute Gasteiger partial charge is 0.253 e. The van der Waals surface area contributed by atoms with Crippen molar-refractivity contribution in [2.75, 3.05) is 27.2 Å². The van der Waals surface area contributed by atoms with Crippen LogP contribution in [0.5, 0.6) is 0 Å². The van der Waals surface area contributed by atoms with E-state index in [1.54, 1.807) is 11.3 Å². The van der Waals surface area contributed by atoms with Crippen molar-refractivity contribution < 1.29 is 4.79 Å². The highest BCUT2D eigenvalue weighted by Crippen LogP contribution is 2.22. The molecular weight excluding hydrogens is 432 g/mol. The molecule has 2 N–H and O–H groups in total. The van der Waals surface area contributed by atoms with Gasteiger partial charge in [0.1, 0.15) is 0 Å². The molecule has 3 rings (SSSR count). The molecule has 1 aliphatic heterocycles. The molecule has 2 aromatic rings. The van der Waals surface area contributed by atoms with E-state index in [1.807, 2.05) is 31.4 Å². The molecule has 0 radical (unpaired) electrons. The first-order chi connectivity index (χ1) is 14.2. The Morgan fingerprint density at radius 1 is 1.29 bits per heavy atom. The molecular formula is C23H35ClN4O2S. The number of pyridine rings is 1. The Hall–Kier alpha value is -1.67. The SMILES string of the molecule is Cc1cc(C)c(CNC(=O)c2csc(CC(C)N3CCC(N(C)C)CC3)c2)c(=O)[nH]1.Cl. The van der Waals surface area contributed by atoms with Gasteiger partial charge in [-0.3, -0.25) is 9.59 Å². The van der Waals surface area contributed by atoms with E-state index in [2.05, 4.69) is 41.1 Å². The van der Waals surface area contributed by atoms with Crippen LogP contribution in [0.15, 0.2) is 22.3 Å². The van der Waals surface area contributed by atoms with Gasteiger partial charge in [-0.1, -0.05) is 0 Å². The second kappa shape index (κ2) is 11.3. The summed E-state index contributed by atoms with van der Waals surface area (Å²) in [7, 11) is 4.33. The van der Waals surface area contributed by atoms with Gasteiger partial charge in [0.25, 0.3) is 11.5 Å². The van der Waals surface area contributed by atoms with Crippen LogP contribution in [0.3, 0.4) is 0 Å². The number of carbonyl (C=O) groups is 1. The maximum Gasteiger partial charge on any atom is 0.253 e. The summed E-state index contributed by atoms with van der Waals surface area (Å²) in [5.74, 6) is -0.128. The average molecular weight is 467 g/mol. The summed E-state index contributed by atoms with van der Waals surface area (Å²) in [5, 5.41) is 4.81. The van der Waals surface area contributed by atoms with Crippen LogP contribution in [-0.2, 0) is 13.0 Å². The van der Waals surface area contributed by atoms with Crippen molar-refractivity contribution in [1.82, 2.24) is 20.1 Å². The van der Waals surface area contributed by atoms with Gasteiger partial charge in [-0.2, -0.15) is 0 Å². The molecule has 1 saturated heterocycles. The van der Waals surface area contributed by atoms with Crippen molar-refractivity contribution >= 4 is 29.7 Å². The normalized spacial score (nSPS) is 16.2. The molecule has 1 fully saturated rings. The van der Waals surface area contributed by atoms with Crippen LogP contribution in [0.2, 0.25) is 0 Å². The topological polar surface area (TPSA) is 68.4 Å². The van der Waals surface area contributed by atoms with Gasteiger partial charge in [0.05, 0.1) is 5.56 Å². The van der Waals surface area contributed by atoms with Crippen LogP contribution < -0.4 is 10.9 Å². The van der Waals surface area contributed by atoms with E-state index in [9.17, 15) is 9.59 Å². The fourth-order valence-corrected chi connectivity index (χ4v) is 5.23. The molecule has 1 aliphatic rings. The highest BCUT2D eigenvalue weighted by molar-refractivity contribution is 7.10. The Morgan fingerprint density at radius 3 is 2.58 bits per heavy atom. The molecule has 2 aromatic heterocycles. The van der Waals surface area contributed by atoms with Crippen LogP contribution in [0.4, 0.5) is 0 Å². The van der Waals surface area contributed by atoms with E-state index in [1.165, 1.54) is 17.7 Å². The van der Waals surface area contributed by atoms with Crippen molar-refractivity contribution in [3.8, 4) is 0 Å². The highest BCUT2D eigenvalue weighted by Gasteiger charge is 2.24. The van der Waals surface area contributed by atoms with E-state index in [4.69, 9.17) is 0 Å². The van der Waals surface area contributed by atoms with Crippen LogP contribution in [0, 0.1) is 13.8 Å². The van der Waals surface area contributed by atoms with Gasteiger partial charge >= 0.3 is 0 Å². The molecule has 0 aliphatic carbocycles. The molecule has 8 heteroatoms. The van der Waals surface area contributed by atoms with Crippen molar-refractivity contribution in [2.24, 2.45) is 0 Å². The van der Waals surface area contributed by atoms with Crippen LogP contribution in [0.25, 0.3) is 0 Å². The number of aromatic nitrogens is 1. The zero-order chi connectivity index (χ0) is 21.8. The van der Waals surface area contributed by atoms with Crippen molar-refractivity contribution in [1.29, 1.82) is 0 Å². The quantitative estimate of drug-likeness (QED) is 0.656. The van der Waals surface area contributed by atoms with E-state index in [0.29, 0.717) is 23.2 Å². The maximum absolute atomic E-state index is 12.6. The standard InChI is InChI=1S/C23H34N4O2S.ClH/c1-15-10-16(2)25-23(29)21(15)13-24-22(28)18-12-20(30-14-18)11-17(3)27-8-6-19(7-9-27)26(4)5;/h10,12,14,17,19H,6-9,11,13H2,1-5H3,(H,24,28)(H,25,29);1H. The van der Waals surface area contributed by atoms with Gasteiger partial charge < -0.3 is 20.1 Å². The van der Waals surface area contributed by atoms with Gasteiger partial charge in [-0.25, -0.2) is 0 Å². The third kappa shape index (κ3) is 6.65. The Bertz CT molecular complexity index is 932. The Labute approximate surface area is 195 Å². The number of nitrogens with zero attached hydrogens (tertiary/aromatic N) is 2. The highest BCUT2D eigenvalue weighted by atomic mass is 35.5. The number of rotatable bonds is 7. The average Bonchev–Trinajstić information content (AvgIpc) is 3.15. The Kier molecular flexibility index (Phi) is 9.30. The zero-order valence-corrected chi connectivity index (χ0v) is 20.8. The number of likely N-dealkylation sites (tertiary alicyclic amines) is 1. The fourth-order valence-electron chi connectivity index (χ4n) is 4.24. The molecule has 31 heavy (non-hydrogen) atoms. The van der Waals surface area contributed by atoms with Gasteiger partial charge in [-0.05, 0) is 84.9 Å². The van der Waals surface area contributed by atoms with E-state index >= 15 is 0 Å². The third-order valence-electron chi connectivity index (χ3n) is 6.18. The summed E-state index contributed by atoms with van der Waals surface area (Å²) >= 11 is 1.64. The number of hydrogen-bond acceptors (Lipinski definition) is 5. The monoisotopic (exact) mass is 466 g/mol. The number of nitrogens with one attached hydrogen (secondary N) is 2. The van der Waals surface area contributed by atoms with E-state index < -0.39 is 0 Å². The Balaban J connectivity index is 0.00000341. The summed E-state index contributed by atoms with van der Waals surface area (Å²) in [6.07, 6.45) is 3.39. The van der Waals surface area contributed by atoms with Crippen LogP contribution in [-0.4, -0.2) is 60.0 Å². The number of piperidine rings is 1. The molecule has 6 nitrogen and oxygen atoms in total. The largest absolute Gasteiger partial charge is 0.348 e. The van der Waals surface area contributed by atoms with Gasteiger partial charge in [-0.15, -0.1) is 23.7 Å². The number of aryl methyl sites for hydroxylation is 2. The summed E-state index contributed by atoms with van der Waals surface area (Å²) in [6.45, 7) is 8.54. The van der Waals surface area contributed by atoms with Crippen molar-refractivity contribution in [3.05, 3.63) is 55.1 Å². The van der Waals surface area contributed by atoms with Gasteiger partial charge in [0.15, 0.2) is 0 Å². The summed E-state index contributed by atoms with van der Waals surface area (Å²) < 4.78 is 0. The Morgan fingerprint density at radius 2 is 1.97 bits per heavy atom. The van der Waals surface area contributed by atoms with E-state index in [0.717, 1.165) is 30.8 Å². The van der Waals surface area contributed by atoms with Crippen LogP contribution in [0.1, 0.15) is 51.8 Å². The molecule has 0 aromatic carbocycles. The molecule has 0 bridgehead atoms. The van der Waals surface area contributed by atoms with Gasteiger partial charge in [0, 0.05) is 40.1 Å². The number of H-pyrrole nitrogens is 1. The second-order valence-electron chi connectivity index (χ2n) is 8.71. The van der Waals surface area contributed by atoms with Crippen molar-refractivity contribution in [3.63, 3.8) is 0 Å². The second-order valence-corrected chi connectivity index (χ2v) is 9.71. The minimum absolute atomic E-state index is 0. The summed E-state index contributed by atoms with van der Waals surface area (Å²) in [6, 6.07) is 5.08. The maximum atomic E-state index is 12.6. The third-order valence-corrected chi connectivity index (χ3v) is 7.14. The number of thiophene rings is 1. The molecule has 0 spiro atoms. The predicted octanol–water partition coefficient (Wildman–Crippen LogP) is 3.36. The summed E-state index contributed by atoms with van der Waals surface area (Å²) in [5.41, 5.74) is 2.88. The number of aromatic amines is 1. The molecule has 3 heterocycles. The predicted molar refractivity (Wildman–Crippen MR) is 131 cm³/mol. The van der Waals surface area contributed by atoms with Crippen LogP contribution >= 0.6 is 23.7 Å². The number of hydrogen-bond donors (Lipinski definition) is 2. The lowest BCUT2D eigenvalue weighted by Gasteiger charge is -2.38.